The van der Waals surface area contributed by atoms with E-state index in [0.717, 1.165) is 35.8 Å². The number of hydrogen-bond acceptors (Lipinski definition) is 5. The number of nitrogen functional groups attached to an aromatic ring is 1. The van der Waals surface area contributed by atoms with Crippen LogP contribution in [-0.2, 0) is 20.0 Å². The molecule has 1 aliphatic rings. The van der Waals surface area contributed by atoms with Crippen LogP contribution in [0.1, 0.15) is 11.3 Å². The van der Waals surface area contributed by atoms with E-state index in [1.54, 1.807) is 11.3 Å². The zero-order valence-corrected chi connectivity index (χ0v) is 16.7. The van der Waals surface area contributed by atoms with Crippen LogP contribution in [0.4, 0.5) is 16.5 Å². The topological polar surface area (TPSA) is 50.3 Å². The number of nitrogens with zero attached hydrogens (tertiary/aromatic N) is 4. The molecular formula is C21H23N5S. The van der Waals surface area contributed by atoms with Gasteiger partial charge in [-0.15, -0.1) is 0 Å². The van der Waals surface area contributed by atoms with Crippen LogP contribution in [0.25, 0.3) is 21.1 Å². The lowest BCUT2D eigenvalue weighted by atomic mass is 10.0. The number of thiazole rings is 1. The molecule has 0 saturated carbocycles. The number of benzene rings is 2. The van der Waals surface area contributed by atoms with Crippen LogP contribution >= 0.6 is 11.3 Å². The Kier molecular flexibility index (Phi) is 3.59. The van der Waals surface area contributed by atoms with Gasteiger partial charge in [-0.2, -0.15) is 0 Å². The summed E-state index contributed by atoms with van der Waals surface area (Å²) in [7, 11) is 6.24. The fraction of sp³-hybridized carbons (Fsp3) is 0.286. The Hall–Kier alpha value is -2.73. The molecule has 5 nitrogen and oxygen atoms in total. The molecule has 2 N–H and O–H groups in total. The van der Waals surface area contributed by atoms with Crippen molar-refractivity contribution in [1.82, 2.24) is 9.55 Å². The first kappa shape index (κ1) is 16.4. The molecule has 5 rings (SSSR count). The normalized spacial score (nSPS) is 14.1. The molecule has 0 aliphatic carbocycles. The molecule has 0 saturated heterocycles. The van der Waals surface area contributed by atoms with Crippen LogP contribution in [0.5, 0.6) is 0 Å². The predicted octanol–water partition coefficient (Wildman–Crippen LogP) is 4.00. The molecule has 2 aromatic heterocycles. The van der Waals surface area contributed by atoms with E-state index in [0.29, 0.717) is 0 Å². The van der Waals surface area contributed by atoms with Gasteiger partial charge in [0.25, 0.3) is 0 Å². The monoisotopic (exact) mass is 377 g/mol. The average Bonchev–Trinajstić information content (AvgIpc) is 3.21. The van der Waals surface area contributed by atoms with Gasteiger partial charge in [-0.25, -0.2) is 4.98 Å². The molecule has 4 aromatic rings. The van der Waals surface area contributed by atoms with E-state index in [2.05, 4.69) is 51.7 Å². The van der Waals surface area contributed by atoms with Crippen molar-refractivity contribution >= 4 is 49.0 Å². The van der Waals surface area contributed by atoms with Crippen molar-refractivity contribution in [2.75, 3.05) is 36.2 Å². The van der Waals surface area contributed by atoms with E-state index in [-0.39, 0.29) is 0 Å². The summed E-state index contributed by atoms with van der Waals surface area (Å²) in [6, 6.07) is 12.9. The maximum atomic E-state index is 6.07. The van der Waals surface area contributed by atoms with Crippen molar-refractivity contribution in [1.29, 1.82) is 0 Å². The second-order valence-electron chi connectivity index (χ2n) is 7.48. The van der Waals surface area contributed by atoms with E-state index in [4.69, 9.17) is 10.7 Å². The van der Waals surface area contributed by atoms with E-state index in [9.17, 15) is 0 Å². The van der Waals surface area contributed by atoms with Gasteiger partial charge in [0.2, 0.25) is 0 Å². The third kappa shape index (κ3) is 2.55. The van der Waals surface area contributed by atoms with Gasteiger partial charge in [-0.05, 0) is 36.4 Å². The van der Waals surface area contributed by atoms with Crippen LogP contribution in [0.3, 0.4) is 0 Å². The standard InChI is InChI=1S/C21H23N5S/c1-24(2)21-23-17-11-14(5-7-20(17)27-21)26-9-8-19-16(12-26)15-10-13(22)4-6-18(15)25(19)3/h4-7,10-11H,8-9,12,22H2,1-3H3. The van der Waals surface area contributed by atoms with Crippen molar-refractivity contribution in [3.05, 3.63) is 47.7 Å². The van der Waals surface area contributed by atoms with Crippen molar-refractivity contribution < 1.29 is 0 Å². The highest BCUT2D eigenvalue weighted by Gasteiger charge is 2.23. The number of fused-ring (bicyclic) bond motifs is 4. The van der Waals surface area contributed by atoms with E-state index >= 15 is 0 Å². The molecule has 0 bridgehead atoms. The smallest absolute Gasteiger partial charge is 0.185 e. The van der Waals surface area contributed by atoms with E-state index < -0.39 is 0 Å². The molecule has 0 radical (unpaired) electrons. The molecule has 138 valence electrons. The Labute approximate surface area is 162 Å². The summed E-state index contributed by atoms with van der Waals surface area (Å²) in [5.41, 5.74) is 13.3. The fourth-order valence-electron chi connectivity index (χ4n) is 4.11. The number of hydrogen-bond donors (Lipinski definition) is 1. The molecule has 0 amide bonds. The number of aryl methyl sites for hydroxylation is 1. The summed E-state index contributed by atoms with van der Waals surface area (Å²) < 4.78 is 3.56. The second kappa shape index (κ2) is 5.89. The number of nitrogens with two attached hydrogens (primary N) is 1. The maximum absolute atomic E-state index is 6.07. The first-order valence-corrected chi connectivity index (χ1v) is 10.0. The predicted molar refractivity (Wildman–Crippen MR) is 116 cm³/mol. The summed E-state index contributed by atoms with van der Waals surface area (Å²) in [4.78, 5) is 9.30. The minimum absolute atomic E-state index is 0.827. The Balaban J connectivity index is 1.55. The van der Waals surface area contributed by atoms with E-state index in [1.165, 1.54) is 32.5 Å². The lowest BCUT2D eigenvalue weighted by Crippen LogP contribution is -2.30. The second-order valence-corrected chi connectivity index (χ2v) is 8.48. The molecule has 1 aliphatic heterocycles. The molecule has 0 spiro atoms. The quantitative estimate of drug-likeness (QED) is 0.537. The molecule has 27 heavy (non-hydrogen) atoms. The van der Waals surface area contributed by atoms with Gasteiger partial charge < -0.3 is 20.1 Å². The highest BCUT2D eigenvalue weighted by molar-refractivity contribution is 7.22. The first-order valence-electron chi connectivity index (χ1n) is 9.20. The average molecular weight is 378 g/mol. The van der Waals surface area contributed by atoms with Crippen LogP contribution in [0.2, 0.25) is 0 Å². The van der Waals surface area contributed by atoms with Gasteiger partial charge in [-0.3, -0.25) is 0 Å². The molecule has 6 heteroatoms. The minimum Gasteiger partial charge on any atom is -0.399 e. The third-order valence-corrected chi connectivity index (χ3v) is 6.74. The van der Waals surface area contributed by atoms with Gasteiger partial charge >= 0.3 is 0 Å². The zero-order valence-electron chi connectivity index (χ0n) is 15.9. The summed E-state index contributed by atoms with van der Waals surface area (Å²) in [6.07, 6.45) is 1.04. The Morgan fingerprint density at radius 3 is 2.81 bits per heavy atom. The molecule has 0 fully saturated rings. The van der Waals surface area contributed by atoms with Crippen LogP contribution in [0, 0.1) is 0 Å². The highest BCUT2D eigenvalue weighted by Crippen LogP contribution is 2.35. The summed E-state index contributed by atoms with van der Waals surface area (Å²) >= 11 is 1.74. The lowest BCUT2D eigenvalue weighted by molar-refractivity contribution is 0.694. The summed E-state index contributed by atoms with van der Waals surface area (Å²) in [5, 5.41) is 2.33. The minimum atomic E-state index is 0.827. The maximum Gasteiger partial charge on any atom is 0.185 e. The SMILES string of the molecule is CN(C)c1nc2cc(N3CCc4c(c5cc(N)ccc5n4C)C3)ccc2s1. The van der Waals surface area contributed by atoms with Gasteiger partial charge in [-0.1, -0.05) is 11.3 Å². The van der Waals surface area contributed by atoms with Crippen LogP contribution in [-0.4, -0.2) is 30.2 Å². The molecule has 0 atom stereocenters. The lowest BCUT2D eigenvalue weighted by Gasteiger charge is -2.30. The van der Waals surface area contributed by atoms with Crippen molar-refractivity contribution in [2.45, 2.75) is 13.0 Å². The Morgan fingerprint density at radius 2 is 2.00 bits per heavy atom. The van der Waals surface area contributed by atoms with E-state index in [1.807, 2.05) is 20.2 Å². The van der Waals surface area contributed by atoms with Crippen molar-refractivity contribution in [3.8, 4) is 0 Å². The van der Waals surface area contributed by atoms with Crippen LogP contribution < -0.4 is 15.5 Å². The fourth-order valence-corrected chi connectivity index (χ4v) is 4.98. The molecule has 0 unspecified atom stereocenters. The van der Waals surface area contributed by atoms with Crippen molar-refractivity contribution in [3.63, 3.8) is 0 Å². The Morgan fingerprint density at radius 1 is 1.15 bits per heavy atom. The van der Waals surface area contributed by atoms with Gasteiger partial charge in [0.05, 0.1) is 10.2 Å². The van der Waals surface area contributed by atoms with Gasteiger partial charge in [0.15, 0.2) is 5.13 Å². The highest BCUT2D eigenvalue weighted by atomic mass is 32.1. The molecular weight excluding hydrogens is 354 g/mol. The van der Waals surface area contributed by atoms with Crippen molar-refractivity contribution in [2.24, 2.45) is 7.05 Å². The summed E-state index contributed by atoms with van der Waals surface area (Å²) in [6.45, 7) is 1.93. The molecule has 2 aromatic carbocycles. The number of aromatic nitrogens is 2. The zero-order chi connectivity index (χ0) is 18.7. The number of rotatable bonds is 2. The van der Waals surface area contributed by atoms with Crippen LogP contribution in [0.15, 0.2) is 36.4 Å². The van der Waals surface area contributed by atoms with Gasteiger partial charge in [0.1, 0.15) is 0 Å². The Bertz CT molecular complexity index is 1170. The largest absolute Gasteiger partial charge is 0.399 e. The number of anilines is 3. The molecule has 3 heterocycles. The first-order chi connectivity index (χ1) is 13.0. The van der Waals surface area contributed by atoms with Gasteiger partial charge in [0, 0.05) is 74.2 Å². The third-order valence-electron chi connectivity index (χ3n) is 5.54. The summed E-state index contributed by atoms with van der Waals surface area (Å²) in [5.74, 6) is 0.